The van der Waals surface area contributed by atoms with Gasteiger partial charge in [0.15, 0.2) is 0 Å². The van der Waals surface area contributed by atoms with Crippen molar-refractivity contribution >= 4 is 16.0 Å². The maximum Gasteiger partial charge on any atom is 0.357 e. The van der Waals surface area contributed by atoms with Crippen molar-refractivity contribution in [2.24, 2.45) is 0 Å². The molecule has 2 N–H and O–H groups in total. The Morgan fingerprint density at radius 3 is 2.21 bits per heavy atom. The molecular formula is C9H13NO3S. The molecule has 0 atom stereocenters. The van der Waals surface area contributed by atoms with E-state index in [0.29, 0.717) is 5.69 Å². The van der Waals surface area contributed by atoms with E-state index in [1.54, 1.807) is 19.1 Å². The SMILES string of the molecule is Cc1ccc(NS(=O)(=O)O)c(C)c1C. The van der Waals surface area contributed by atoms with Crippen molar-refractivity contribution in [3.63, 3.8) is 0 Å². The van der Waals surface area contributed by atoms with Crippen molar-refractivity contribution < 1.29 is 13.0 Å². The Kier molecular flexibility index (Phi) is 2.82. The molecule has 0 spiro atoms. The number of rotatable bonds is 2. The van der Waals surface area contributed by atoms with Gasteiger partial charge in [-0.2, -0.15) is 8.42 Å². The first-order valence-corrected chi connectivity index (χ1v) is 5.57. The van der Waals surface area contributed by atoms with Crippen molar-refractivity contribution in [2.45, 2.75) is 20.8 Å². The monoisotopic (exact) mass is 215 g/mol. The van der Waals surface area contributed by atoms with E-state index in [1.165, 1.54) is 0 Å². The van der Waals surface area contributed by atoms with Gasteiger partial charge in [-0.25, -0.2) is 0 Å². The predicted molar refractivity (Wildman–Crippen MR) is 55.8 cm³/mol. The van der Waals surface area contributed by atoms with Gasteiger partial charge >= 0.3 is 10.3 Å². The van der Waals surface area contributed by atoms with Crippen LogP contribution in [-0.2, 0) is 10.3 Å². The molecule has 4 nitrogen and oxygen atoms in total. The standard InChI is InChI=1S/C9H13NO3S/c1-6-4-5-9(8(3)7(6)2)10-14(11,12)13/h4-5,10H,1-3H3,(H,11,12,13). The minimum Gasteiger partial charge on any atom is -0.269 e. The summed E-state index contributed by atoms with van der Waals surface area (Å²) in [4.78, 5) is 0. The molecule has 0 fully saturated rings. The highest BCUT2D eigenvalue weighted by Gasteiger charge is 2.08. The summed E-state index contributed by atoms with van der Waals surface area (Å²) in [5, 5.41) is 0. The van der Waals surface area contributed by atoms with E-state index in [2.05, 4.69) is 0 Å². The molecule has 0 unspecified atom stereocenters. The molecule has 0 bridgehead atoms. The van der Waals surface area contributed by atoms with Crippen LogP contribution >= 0.6 is 0 Å². The largest absolute Gasteiger partial charge is 0.357 e. The average Bonchev–Trinajstić information content (AvgIpc) is 2.04. The van der Waals surface area contributed by atoms with Crippen LogP contribution in [0.25, 0.3) is 0 Å². The smallest absolute Gasteiger partial charge is 0.269 e. The summed E-state index contributed by atoms with van der Waals surface area (Å²) in [6.07, 6.45) is 0. The van der Waals surface area contributed by atoms with Crippen molar-refractivity contribution in [1.82, 2.24) is 0 Å². The molecule has 0 aliphatic carbocycles. The Morgan fingerprint density at radius 1 is 1.14 bits per heavy atom. The lowest BCUT2D eigenvalue weighted by molar-refractivity contribution is 0.489. The summed E-state index contributed by atoms with van der Waals surface area (Å²) < 4.78 is 31.8. The summed E-state index contributed by atoms with van der Waals surface area (Å²) in [6, 6.07) is 3.43. The highest BCUT2D eigenvalue weighted by molar-refractivity contribution is 7.87. The van der Waals surface area contributed by atoms with E-state index in [4.69, 9.17) is 4.55 Å². The topological polar surface area (TPSA) is 66.4 Å². The Hall–Kier alpha value is -1.07. The summed E-state index contributed by atoms with van der Waals surface area (Å²) in [5.74, 6) is 0. The summed E-state index contributed by atoms with van der Waals surface area (Å²) in [7, 11) is -4.18. The molecule has 0 aromatic heterocycles. The van der Waals surface area contributed by atoms with Crippen LogP contribution in [0.15, 0.2) is 12.1 Å². The number of aryl methyl sites for hydroxylation is 1. The number of hydrogen-bond donors (Lipinski definition) is 2. The van der Waals surface area contributed by atoms with Gasteiger partial charge in [-0.05, 0) is 43.5 Å². The highest BCUT2D eigenvalue weighted by Crippen LogP contribution is 2.21. The van der Waals surface area contributed by atoms with Crippen molar-refractivity contribution in [3.05, 3.63) is 28.8 Å². The second-order valence-electron chi connectivity index (χ2n) is 3.26. The van der Waals surface area contributed by atoms with E-state index in [0.717, 1.165) is 16.7 Å². The summed E-state index contributed by atoms with van der Waals surface area (Å²) in [5.41, 5.74) is 3.33. The molecular weight excluding hydrogens is 202 g/mol. The Labute approximate surface area is 83.8 Å². The zero-order valence-electron chi connectivity index (χ0n) is 8.33. The highest BCUT2D eigenvalue weighted by atomic mass is 32.2. The van der Waals surface area contributed by atoms with Gasteiger partial charge in [-0.15, -0.1) is 0 Å². The fraction of sp³-hybridized carbons (Fsp3) is 0.333. The third-order valence-electron chi connectivity index (χ3n) is 2.30. The maximum absolute atomic E-state index is 10.6. The molecule has 0 amide bonds. The zero-order valence-corrected chi connectivity index (χ0v) is 9.14. The second kappa shape index (κ2) is 3.59. The van der Waals surface area contributed by atoms with Crippen molar-refractivity contribution in [2.75, 3.05) is 4.72 Å². The van der Waals surface area contributed by atoms with Gasteiger partial charge in [0.2, 0.25) is 0 Å². The molecule has 14 heavy (non-hydrogen) atoms. The number of hydrogen-bond acceptors (Lipinski definition) is 2. The predicted octanol–water partition coefficient (Wildman–Crippen LogP) is 1.83. The van der Waals surface area contributed by atoms with Crippen LogP contribution in [0.4, 0.5) is 5.69 Å². The van der Waals surface area contributed by atoms with Crippen LogP contribution in [0, 0.1) is 20.8 Å². The van der Waals surface area contributed by atoms with Gasteiger partial charge in [0.25, 0.3) is 0 Å². The molecule has 0 saturated carbocycles. The lowest BCUT2D eigenvalue weighted by atomic mass is 10.0. The van der Waals surface area contributed by atoms with Gasteiger partial charge in [0, 0.05) is 0 Å². The fourth-order valence-corrected chi connectivity index (χ4v) is 1.70. The molecule has 0 saturated heterocycles. The maximum atomic E-state index is 10.6. The molecule has 5 heteroatoms. The lowest BCUT2D eigenvalue weighted by Gasteiger charge is -2.10. The third-order valence-corrected chi connectivity index (χ3v) is 2.77. The summed E-state index contributed by atoms with van der Waals surface area (Å²) >= 11 is 0. The van der Waals surface area contributed by atoms with E-state index in [1.807, 2.05) is 18.6 Å². The third kappa shape index (κ3) is 2.46. The number of anilines is 1. The Morgan fingerprint density at radius 2 is 1.71 bits per heavy atom. The van der Waals surface area contributed by atoms with Gasteiger partial charge in [0.1, 0.15) is 0 Å². The van der Waals surface area contributed by atoms with Gasteiger partial charge in [-0.1, -0.05) is 6.07 Å². The second-order valence-corrected chi connectivity index (χ2v) is 4.41. The molecule has 0 aliphatic heterocycles. The Bertz CT molecular complexity index is 451. The molecule has 1 aromatic carbocycles. The van der Waals surface area contributed by atoms with Crippen LogP contribution in [0.3, 0.4) is 0 Å². The van der Waals surface area contributed by atoms with E-state index in [9.17, 15) is 8.42 Å². The minimum absolute atomic E-state index is 0.413. The lowest BCUT2D eigenvalue weighted by Crippen LogP contribution is -2.11. The van der Waals surface area contributed by atoms with Crippen LogP contribution in [0.5, 0.6) is 0 Å². The molecule has 1 rings (SSSR count). The van der Waals surface area contributed by atoms with Gasteiger partial charge in [0.05, 0.1) is 5.69 Å². The van der Waals surface area contributed by atoms with E-state index in [-0.39, 0.29) is 0 Å². The zero-order chi connectivity index (χ0) is 10.9. The van der Waals surface area contributed by atoms with Crippen LogP contribution in [-0.4, -0.2) is 13.0 Å². The first-order chi connectivity index (χ1) is 6.31. The van der Waals surface area contributed by atoms with Crippen LogP contribution < -0.4 is 4.72 Å². The number of nitrogens with one attached hydrogen (secondary N) is 1. The summed E-state index contributed by atoms with van der Waals surface area (Å²) in [6.45, 7) is 5.65. The van der Waals surface area contributed by atoms with Gasteiger partial charge < -0.3 is 0 Å². The normalized spacial score (nSPS) is 11.4. The Balaban J connectivity index is 3.19. The van der Waals surface area contributed by atoms with Crippen molar-refractivity contribution in [3.8, 4) is 0 Å². The molecule has 78 valence electrons. The van der Waals surface area contributed by atoms with E-state index < -0.39 is 10.3 Å². The minimum atomic E-state index is -4.18. The van der Waals surface area contributed by atoms with Crippen molar-refractivity contribution in [1.29, 1.82) is 0 Å². The molecule has 0 radical (unpaired) electrons. The molecule has 0 heterocycles. The van der Waals surface area contributed by atoms with Crippen LogP contribution in [0.2, 0.25) is 0 Å². The first kappa shape index (κ1) is 11.0. The first-order valence-electron chi connectivity index (χ1n) is 4.13. The van der Waals surface area contributed by atoms with Gasteiger partial charge in [-0.3, -0.25) is 9.27 Å². The van der Waals surface area contributed by atoms with Crippen LogP contribution in [0.1, 0.15) is 16.7 Å². The van der Waals surface area contributed by atoms with E-state index >= 15 is 0 Å². The fourth-order valence-electron chi connectivity index (χ4n) is 1.21. The molecule has 0 aliphatic rings. The average molecular weight is 215 g/mol. The quantitative estimate of drug-likeness (QED) is 0.739. The number of benzene rings is 1. The molecule has 1 aromatic rings.